The van der Waals surface area contributed by atoms with Crippen LogP contribution in [0.4, 0.5) is 0 Å². The van der Waals surface area contributed by atoms with E-state index in [0.29, 0.717) is 0 Å². The predicted octanol–water partition coefficient (Wildman–Crippen LogP) is 3.60. The molecule has 0 N–H and O–H groups in total. The highest BCUT2D eigenvalue weighted by molar-refractivity contribution is 5.72. The first kappa shape index (κ1) is 13.4. The lowest BCUT2D eigenvalue weighted by atomic mass is 10.1. The van der Waals surface area contributed by atoms with Gasteiger partial charge in [-0.15, -0.1) is 0 Å². The van der Waals surface area contributed by atoms with Crippen LogP contribution in [-0.2, 0) is 0 Å². The molecule has 0 atom stereocenters. The Bertz CT molecular complexity index is 654. The Balaban J connectivity index is 1.85. The Morgan fingerprint density at radius 2 is 1.48 bits per heavy atom. The van der Waals surface area contributed by atoms with Crippen molar-refractivity contribution in [2.24, 2.45) is 0 Å². The number of hydrogen-bond donors (Lipinski definition) is 0. The second-order valence-electron chi connectivity index (χ2n) is 4.59. The maximum absolute atomic E-state index is 5.37. The first-order chi connectivity index (χ1) is 10.3. The van der Waals surface area contributed by atoms with Gasteiger partial charge in [0.15, 0.2) is 11.5 Å². The molecule has 2 aromatic carbocycles. The highest BCUT2D eigenvalue weighted by Crippen LogP contribution is 2.33. The highest BCUT2D eigenvalue weighted by Gasteiger charge is 2.12. The van der Waals surface area contributed by atoms with Crippen molar-refractivity contribution in [1.82, 2.24) is 0 Å². The van der Waals surface area contributed by atoms with Crippen molar-refractivity contribution < 1.29 is 18.9 Å². The zero-order valence-electron chi connectivity index (χ0n) is 12.0. The van der Waals surface area contributed by atoms with Crippen LogP contribution in [0.15, 0.2) is 36.4 Å². The fraction of sp³-hybridized carbons (Fsp3) is 0.176. The molecule has 0 spiro atoms. The molecule has 3 rings (SSSR count). The van der Waals surface area contributed by atoms with Crippen LogP contribution < -0.4 is 18.9 Å². The van der Waals surface area contributed by atoms with Crippen molar-refractivity contribution in [2.45, 2.75) is 0 Å². The molecule has 1 heterocycles. The van der Waals surface area contributed by atoms with E-state index in [0.717, 1.165) is 34.1 Å². The van der Waals surface area contributed by atoms with Gasteiger partial charge in [-0.25, -0.2) is 0 Å². The molecule has 0 bridgehead atoms. The van der Waals surface area contributed by atoms with Gasteiger partial charge in [-0.3, -0.25) is 0 Å². The van der Waals surface area contributed by atoms with Crippen molar-refractivity contribution in [3.63, 3.8) is 0 Å². The van der Waals surface area contributed by atoms with E-state index >= 15 is 0 Å². The largest absolute Gasteiger partial charge is 0.497 e. The van der Waals surface area contributed by atoms with E-state index in [1.807, 2.05) is 48.6 Å². The number of benzene rings is 2. The van der Waals surface area contributed by atoms with Crippen molar-refractivity contribution in [3.05, 3.63) is 47.5 Å². The number of hydrogen-bond acceptors (Lipinski definition) is 4. The van der Waals surface area contributed by atoms with Gasteiger partial charge in [0.25, 0.3) is 0 Å². The molecule has 4 heteroatoms. The van der Waals surface area contributed by atoms with E-state index in [9.17, 15) is 0 Å². The minimum Gasteiger partial charge on any atom is -0.497 e. The molecule has 1 aliphatic rings. The van der Waals surface area contributed by atoms with Crippen LogP contribution in [0, 0.1) is 0 Å². The lowest BCUT2D eigenvalue weighted by molar-refractivity contribution is 0.174. The maximum atomic E-state index is 5.37. The summed E-state index contributed by atoms with van der Waals surface area (Å²) in [5, 5.41) is 0. The Kier molecular flexibility index (Phi) is 3.69. The van der Waals surface area contributed by atoms with Gasteiger partial charge in [-0.05, 0) is 35.4 Å². The molecule has 2 aromatic rings. The minimum absolute atomic E-state index is 0.287. The average Bonchev–Trinajstić information content (AvgIpc) is 3.00. The smallest absolute Gasteiger partial charge is 0.231 e. The summed E-state index contributed by atoms with van der Waals surface area (Å²) in [5.74, 6) is 3.09. The predicted molar refractivity (Wildman–Crippen MR) is 81.0 cm³/mol. The van der Waals surface area contributed by atoms with Crippen molar-refractivity contribution in [1.29, 1.82) is 0 Å². The lowest BCUT2D eigenvalue weighted by Gasteiger charge is -2.05. The summed E-state index contributed by atoms with van der Waals surface area (Å²) in [6, 6.07) is 11.6. The van der Waals surface area contributed by atoms with Gasteiger partial charge < -0.3 is 18.9 Å². The molecular formula is C17H16O4. The van der Waals surface area contributed by atoms with Gasteiger partial charge in [0.05, 0.1) is 14.2 Å². The molecule has 0 fully saturated rings. The molecule has 4 nitrogen and oxygen atoms in total. The summed E-state index contributed by atoms with van der Waals surface area (Å²) in [6.45, 7) is 0.287. The first-order valence-corrected chi connectivity index (χ1v) is 6.59. The molecule has 0 aromatic heterocycles. The van der Waals surface area contributed by atoms with Crippen molar-refractivity contribution >= 4 is 12.2 Å². The molecule has 0 amide bonds. The Hall–Kier alpha value is -2.62. The molecular weight excluding hydrogens is 268 g/mol. The van der Waals surface area contributed by atoms with Gasteiger partial charge in [-0.2, -0.15) is 0 Å². The fourth-order valence-electron chi connectivity index (χ4n) is 2.13. The molecule has 0 saturated carbocycles. The Labute approximate surface area is 123 Å². The topological polar surface area (TPSA) is 36.9 Å². The molecule has 1 aliphatic heterocycles. The molecule has 21 heavy (non-hydrogen) atoms. The standard InChI is InChI=1S/C17H16O4/c1-18-14-7-13(8-15(10-14)19-2)4-3-12-5-6-16-17(9-12)21-11-20-16/h3-10H,11H2,1-2H3/b4-3+. The van der Waals surface area contributed by atoms with Crippen molar-refractivity contribution in [2.75, 3.05) is 21.0 Å². The monoisotopic (exact) mass is 284 g/mol. The molecule has 0 aliphatic carbocycles. The Morgan fingerprint density at radius 1 is 0.810 bits per heavy atom. The second-order valence-corrected chi connectivity index (χ2v) is 4.59. The molecule has 0 radical (unpaired) electrons. The van der Waals surface area contributed by atoms with Crippen LogP contribution >= 0.6 is 0 Å². The summed E-state index contributed by atoms with van der Waals surface area (Å²) in [5.41, 5.74) is 2.05. The Morgan fingerprint density at radius 3 is 2.19 bits per heavy atom. The maximum Gasteiger partial charge on any atom is 0.231 e. The first-order valence-electron chi connectivity index (χ1n) is 6.59. The third-order valence-electron chi connectivity index (χ3n) is 3.24. The summed E-state index contributed by atoms with van der Waals surface area (Å²) in [7, 11) is 3.28. The second kappa shape index (κ2) is 5.79. The summed E-state index contributed by atoms with van der Waals surface area (Å²) in [6.07, 6.45) is 4.01. The zero-order valence-corrected chi connectivity index (χ0v) is 12.0. The fourth-order valence-corrected chi connectivity index (χ4v) is 2.13. The summed E-state index contributed by atoms with van der Waals surface area (Å²) >= 11 is 0. The third-order valence-corrected chi connectivity index (χ3v) is 3.24. The number of fused-ring (bicyclic) bond motifs is 1. The van der Waals surface area contributed by atoms with E-state index in [-0.39, 0.29) is 6.79 Å². The van der Waals surface area contributed by atoms with Crippen molar-refractivity contribution in [3.8, 4) is 23.0 Å². The highest BCUT2D eigenvalue weighted by atomic mass is 16.7. The van der Waals surface area contributed by atoms with E-state index in [4.69, 9.17) is 18.9 Å². The molecule has 0 saturated heterocycles. The van der Waals surface area contributed by atoms with Gasteiger partial charge in [-0.1, -0.05) is 18.2 Å². The molecule has 108 valence electrons. The normalized spacial score (nSPS) is 12.7. The third kappa shape index (κ3) is 2.94. The number of ether oxygens (including phenoxy) is 4. The average molecular weight is 284 g/mol. The number of rotatable bonds is 4. The van der Waals surface area contributed by atoms with Crippen LogP contribution in [0.25, 0.3) is 12.2 Å². The van der Waals surface area contributed by atoms with E-state index in [1.165, 1.54) is 0 Å². The SMILES string of the molecule is COc1cc(/C=C/c2ccc3c(c2)OCO3)cc(OC)c1. The van der Waals surface area contributed by atoms with Crippen LogP contribution in [-0.4, -0.2) is 21.0 Å². The van der Waals surface area contributed by atoms with E-state index < -0.39 is 0 Å². The summed E-state index contributed by atoms with van der Waals surface area (Å²) < 4.78 is 21.2. The lowest BCUT2D eigenvalue weighted by Crippen LogP contribution is -1.92. The summed E-state index contributed by atoms with van der Waals surface area (Å²) in [4.78, 5) is 0. The van der Waals surface area contributed by atoms with Crippen LogP contribution in [0.2, 0.25) is 0 Å². The van der Waals surface area contributed by atoms with Crippen LogP contribution in [0.1, 0.15) is 11.1 Å². The van der Waals surface area contributed by atoms with E-state index in [1.54, 1.807) is 14.2 Å². The van der Waals surface area contributed by atoms with Gasteiger partial charge in [0, 0.05) is 6.07 Å². The zero-order chi connectivity index (χ0) is 14.7. The van der Waals surface area contributed by atoms with Gasteiger partial charge in [0.1, 0.15) is 11.5 Å². The quantitative estimate of drug-likeness (QED) is 0.804. The van der Waals surface area contributed by atoms with Crippen LogP contribution in [0.5, 0.6) is 23.0 Å². The van der Waals surface area contributed by atoms with Gasteiger partial charge in [0.2, 0.25) is 6.79 Å². The van der Waals surface area contributed by atoms with E-state index in [2.05, 4.69) is 0 Å². The number of methoxy groups -OCH3 is 2. The molecule has 0 unspecified atom stereocenters. The van der Waals surface area contributed by atoms with Crippen LogP contribution in [0.3, 0.4) is 0 Å². The minimum atomic E-state index is 0.287. The van der Waals surface area contributed by atoms with Gasteiger partial charge >= 0.3 is 0 Å².